The van der Waals surface area contributed by atoms with E-state index in [0.29, 0.717) is 22.1 Å². The first-order valence-corrected chi connectivity index (χ1v) is 8.67. The largest absolute Gasteiger partial charge is 0.478 e. The summed E-state index contributed by atoms with van der Waals surface area (Å²) in [5, 5.41) is 19.4. The van der Waals surface area contributed by atoms with Gasteiger partial charge in [0, 0.05) is 0 Å². The molecule has 8 nitrogen and oxygen atoms in total. The Morgan fingerprint density at radius 1 is 0.654 bits per heavy atom. The van der Waals surface area contributed by atoms with Crippen molar-refractivity contribution < 1.29 is 19.8 Å². The quantitative estimate of drug-likeness (QED) is 0.406. The van der Waals surface area contributed by atoms with Crippen LogP contribution in [0.25, 0.3) is 33.2 Å². The Morgan fingerprint density at radius 3 is 1.42 bits per heavy atom. The molecule has 0 aliphatic rings. The van der Waals surface area contributed by atoms with Crippen molar-refractivity contribution in [3.05, 3.63) is 47.5 Å². The lowest BCUT2D eigenvalue weighted by Gasteiger charge is -2.10. The molecule has 0 bridgehead atoms. The van der Waals surface area contributed by atoms with E-state index in [1.165, 1.54) is 24.3 Å². The number of hydrogen-bond acceptors (Lipinski definition) is 8. The van der Waals surface area contributed by atoms with Gasteiger partial charge in [-0.3, -0.25) is 0 Å². The molecular weight excluding hydrogens is 376 g/mol. The molecule has 0 radical (unpaired) electrons. The van der Waals surface area contributed by atoms with Crippen LogP contribution in [0.1, 0.15) is 11.1 Å². The zero-order valence-electron chi connectivity index (χ0n) is 12.8. The fourth-order valence-corrected chi connectivity index (χ4v) is 3.66. The van der Waals surface area contributed by atoms with Crippen molar-refractivity contribution in [2.24, 2.45) is 0 Å². The molecule has 4 aromatic rings. The molecular formula is C16H8N4O4S2. The van der Waals surface area contributed by atoms with Crippen molar-refractivity contribution >= 4 is 68.6 Å². The Labute approximate surface area is 153 Å². The summed E-state index contributed by atoms with van der Waals surface area (Å²) in [5.74, 6) is -2.69. The van der Waals surface area contributed by atoms with Crippen molar-refractivity contribution in [3.8, 4) is 0 Å². The van der Waals surface area contributed by atoms with Crippen molar-refractivity contribution in [2.75, 3.05) is 0 Å². The summed E-state index contributed by atoms with van der Waals surface area (Å²) >= 11 is 2.00. The van der Waals surface area contributed by atoms with Gasteiger partial charge in [-0.1, -0.05) is 12.1 Å². The van der Waals surface area contributed by atoms with E-state index in [9.17, 15) is 19.8 Å². The SMILES string of the molecule is O=C(O)C(=C(C(=O)O)c1ccc2nsnc2c1)c1ccc2nsnc2c1. The molecule has 0 aliphatic carbocycles. The van der Waals surface area contributed by atoms with Crippen LogP contribution in [0, 0.1) is 0 Å². The summed E-state index contributed by atoms with van der Waals surface area (Å²) in [4.78, 5) is 23.9. The van der Waals surface area contributed by atoms with Gasteiger partial charge in [-0.2, -0.15) is 17.5 Å². The maximum atomic E-state index is 11.9. The minimum Gasteiger partial charge on any atom is -0.478 e. The number of hydrogen-bond donors (Lipinski definition) is 2. The smallest absolute Gasteiger partial charge is 0.337 e. The van der Waals surface area contributed by atoms with E-state index >= 15 is 0 Å². The zero-order chi connectivity index (χ0) is 18.3. The molecule has 0 aliphatic heterocycles. The number of aliphatic carboxylic acids is 2. The summed E-state index contributed by atoms with van der Waals surface area (Å²) in [6, 6.07) is 9.33. The Balaban J connectivity index is 2.00. The third kappa shape index (κ3) is 2.70. The first-order chi connectivity index (χ1) is 12.5. The standard InChI is InChI=1S/C16H8N4O4S2/c21-15(22)13(7-1-3-9-11(5-7)19-25-17-9)14(16(23)24)8-2-4-10-12(6-8)20-26-18-10/h1-6H,(H,21,22)(H,23,24). The van der Waals surface area contributed by atoms with Crippen LogP contribution in [0.5, 0.6) is 0 Å². The molecule has 0 atom stereocenters. The van der Waals surface area contributed by atoms with Gasteiger partial charge in [-0.15, -0.1) is 0 Å². The minimum absolute atomic E-state index is 0.242. The molecule has 0 saturated carbocycles. The van der Waals surface area contributed by atoms with Crippen LogP contribution >= 0.6 is 23.5 Å². The average Bonchev–Trinajstić information content (AvgIpc) is 3.26. The fraction of sp³-hybridized carbons (Fsp3) is 0. The number of carbonyl (C=O) groups is 2. The predicted molar refractivity (Wildman–Crippen MR) is 96.9 cm³/mol. The summed E-state index contributed by atoms with van der Waals surface area (Å²) in [6.07, 6.45) is 0. The van der Waals surface area contributed by atoms with Gasteiger partial charge in [0.25, 0.3) is 0 Å². The van der Waals surface area contributed by atoms with Crippen LogP contribution in [0.2, 0.25) is 0 Å². The van der Waals surface area contributed by atoms with Gasteiger partial charge in [0.15, 0.2) is 0 Å². The highest BCUT2D eigenvalue weighted by molar-refractivity contribution is 7.00. The molecule has 0 saturated heterocycles. The van der Waals surface area contributed by atoms with Crippen molar-refractivity contribution in [1.82, 2.24) is 17.5 Å². The molecule has 2 heterocycles. The number of carboxylic acid groups (broad SMARTS) is 2. The topological polar surface area (TPSA) is 126 Å². The van der Waals surface area contributed by atoms with E-state index in [-0.39, 0.29) is 22.3 Å². The number of fused-ring (bicyclic) bond motifs is 2. The van der Waals surface area contributed by atoms with Gasteiger partial charge >= 0.3 is 11.9 Å². The molecule has 0 fully saturated rings. The summed E-state index contributed by atoms with van der Waals surface area (Å²) in [7, 11) is 0. The van der Waals surface area contributed by atoms with Crippen molar-refractivity contribution in [2.45, 2.75) is 0 Å². The van der Waals surface area contributed by atoms with Gasteiger partial charge in [0.05, 0.1) is 34.6 Å². The highest BCUT2D eigenvalue weighted by Crippen LogP contribution is 2.30. The first-order valence-electron chi connectivity index (χ1n) is 7.21. The van der Waals surface area contributed by atoms with Gasteiger partial charge in [0.1, 0.15) is 22.1 Å². The van der Waals surface area contributed by atoms with Crippen LogP contribution < -0.4 is 0 Å². The molecule has 10 heteroatoms. The van der Waals surface area contributed by atoms with E-state index in [1.54, 1.807) is 12.1 Å². The van der Waals surface area contributed by atoms with Crippen molar-refractivity contribution in [1.29, 1.82) is 0 Å². The van der Waals surface area contributed by atoms with Gasteiger partial charge < -0.3 is 10.2 Å². The normalized spacial score (nSPS) is 12.3. The Hall–Kier alpha value is -3.24. The fourth-order valence-electron chi connectivity index (χ4n) is 2.62. The van der Waals surface area contributed by atoms with E-state index in [4.69, 9.17) is 0 Å². The molecule has 4 rings (SSSR count). The number of rotatable bonds is 4. The lowest BCUT2D eigenvalue weighted by atomic mass is 9.94. The van der Waals surface area contributed by atoms with Crippen molar-refractivity contribution in [3.63, 3.8) is 0 Å². The van der Waals surface area contributed by atoms with Gasteiger partial charge in [-0.25, -0.2) is 9.59 Å². The van der Waals surface area contributed by atoms with E-state index in [2.05, 4.69) is 17.5 Å². The minimum atomic E-state index is -1.35. The lowest BCUT2D eigenvalue weighted by molar-refractivity contribution is -0.132. The first kappa shape index (κ1) is 16.2. The summed E-state index contributed by atoms with van der Waals surface area (Å²) < 4.78 is 16.3. The molecule has 26 heavy (non-hydrogen) atoms. The summed E-state index contributed by atoms with van der Waals surface area (Å²) in [5.41, 5.74) is 2.10. The highest BCUT2D eigenvalue weighted by Gasteiger charge is 2.24. The average molecular weight is 384 g/mol. The highest BCUT2D eigenvalue weighted by atomic mass is 32.1. The van der Waals surface area contributed by atoms with Crippen LogP contribution in [0.3, 0.4) is 0 Å². The second-order valence-electron chi connectivity index (χ2n) is 5.30. The molecule has 0 unspecified atom stereocenters. The second-order valence-corrected chi connectivity index (χ2v) is 6.35. The molecule has 0 amide bonds. The Morgan fingerprint density at radius 2 is 1.04 bits per heavy atom. The molecule has 2 aromatic carbocycles. The predicted octanol–water partition coefficient (Wildman–Crippen LogP) is 2.78. The lowest BCUT2D eigenvalue weighted by Crippen LogP contribution is -2.10. The van der Waals surface area contributed by atoms with Gasteiger partial charge in [0.2, 0.25) is 0 Å². The number of aromatic nitrogens is 4. The van der Waals surface area contributed by atoms with Crippen LogP contribution in [-0.4, -0.2) is 39.6 Å². The van der Waals surface area contributed by atoms with Crippen LogP contribution in [0.15, 0.2) is 36.4 Å². The second kappa shape index (κ2) is 6.24. The molecule has 128 valence electrons. The monoisotopic (exact) mass is 384 g/mol. The summed E-state index contributed by atoms with van der Waals surface area (Å²) in [6.45, 7) is 0. The Bertz CT molecular complexity index is 1120. The van der Waals surface area contributed by atoms with E-state index in [1.807, 2.05) is 0 Å². The zero-order valence-corrected chi connectivity index (χ0v) is 14.4. The maximum Gasteiger partial charge on any atom is 0.337 e. The van der Waals surface area contributed by atoms with E-state index in [0.717, 1.165) is 23.5 Å². The number of nitrogens with zero attached hydrogens (tertiary/aromatic N) is 4. The van der Waals surface area contributed by atoms with Crippen LogP contribution in [0.4, 0.5) is 0 Å². The third-order valence-corrected chi connectivity index (χ3v) is 4.88. The molecule has 2 aromatic heterocycles. The maximum absolute atomic E-state index is 11.9. The van der Waals surface area contributed by atoms with Crippen LogP contribution in [-0.2, 0) is 9.59 Å². The van der Waals surface area contributed by atoms with Gasteiger partial charge in [-0.05, 0) is 35.4 Å². The third-order valence-electron chi connectivity index (χ3n) is 3.76. The number of benzene rings is 2. The number of carboxylic acids is 2. The Kier molecular flexibility index (Phi) is 3.90. The van der Waals surface area contributed by atoms with E-state index < -0.39 is 11.9 Å². The molecule has 2 N–H and O–H groups in total. The molecule has 0 spiro atoms.